The van der Waals surface area contributed by atoms with E-state index in [1.807, 2.05) is 0 Å². The first-order chi connectivity index (χ1) is 5.61. The fourth-order valence-corrected chi connectivity index (χ4v) is 0.993. The Labute approximate surface area is 78.2 Å². The first kappa shape index (κ1) is 9.02. The molecule has 5 heteroatoms. The number of halogens is 1. The number of hydrazine groups is 1. The van der Waals surface area contributed by atoms with Crippen LogP contribution in [0.2, 0.25) is 0 Å². The Morgan fingerprint density at radius 3 is 2.25 bits per heavy atom. The molecule has 0 aliphatic carbocycles. The molecule has 1 aromatic rings. The first-order valence-electron chi connectivity index (χ1n) is 3.21. The summed E-state index contributed by atoms with van der Waals surface area (Å²) in [6.07, 6.45) is 0. The van der Waals surface area contributed by atoms with Crippen LogP contribution in [0, 0.1) is 0 Å². The second-order valence-corrected chi connectivity index (χ2v) is 3.10. The number of primary amides is 1. The number of benzene rings is 1. The number of rotatable bonds is 1. The van der Waals surface area contributed by atoms with Crippen molar-refractivity contribution in [1.82, 2.24) is 0 Å². The van der Waals surface area contributed by atoms with E-state index in [-0.39, 0.29) is 0 Å². The molecular formula is C7H8BrN3O. The fourth-order valence-electron chi connectivity index (χ4n) is 0.729. The van der Waals surface area contributed by atoms with Crippen LogP contribution in [-0.4, -0.2) is 6.03 Å². The van der Waals surface area contributed by atoms with E-state index in [4.69, 9.17) is 11.6 Å². The van der Waals surface area contributed by atoms with E-state index in [1.165, 1.54) is 0 Å². The lowest BCUT2D eigenvalue weighted by Crippen LogP contribution is -2.41. The van der Waals surface area contributed by atoms with E-state index >= 15 is 0 Å². The lowest BCUT2D eigenvalue weighted by molar-refractivity contribution is 0.254. The summed E-state index contributed by atoms with van der Waals surface area (Å²) in [5, 5.41) is 0.881. The lowest BCUT2D eigenvalue weighted by atomic mass is 10.3. The molecule has 0 aliphatic heterocycles. The van der Waals surface area contributed by atoms with Crippen LogP contribution in [0.5, 0.6) is 0 Å². The Morgan fingerprint density at radius 2 is 1.83 bits per heavy atom. The molecule has 0 radical (unpaired) electrons. The Balaban J connectivity index is 2.89. The molecule has 0 aliphatic rings. The highest BCUT2D eigenvalue weighted by atomic mass is 79.9. The van der Waals surface area contributed by atoms with Gasteiger partial charge >= 0.3 is 6.03 Å². The van der Waals surface area contributed by atoms with Gasteiger partial charge in [0, 0.05) is 4.47 Å². The van der Waals surface area contributed by atoms with Crippen molar-refractivity contribution in [2.45, 2.75) is 0 Å². The predicted molar refractivity (Wildman–Crippen MR) is 50.4 cm³/mol. The van der Waals surface area contributed by atoms with Crippen LogP contribution in [0.15, 0.2) is 28.7 Å². The number of hydrogen-bond acceptors (Lipinski definition) is 2. The van der Waals surface area contributed by atoms with E-state index in [0.717, 1.165) is 9.48 Å². The number of urea groups is 1. The van der Waals surface area contributed by atoms with Crippen LogP contribution < -0.4 is 16.6 Å². The molecular weight excluding hydrogens is 222 g/mol. The van der Waals surface area contributed by atoms with Gasteiger partial charge in [-0.05, 0) is 24.3 Å². The van der Waals surface area contributed by atoms with Crippen molar-refractivity contribution in [3.8, 4) is 0 Å². The molecule has 4 nitrogen and oxygen atoms in total. The maximum absolute atomic E-state index is 10.6. The number of nitrogens with two attached hydrogens (primary N) is 2. The molecule has 0 unspecified atom stereocenters. The average molecular weight is 230 g/mol. The van der Waals surface area contributed by atoms with Gasteiger partial charge in [-0.2, -0.15) is 0 Å². The van der Waals surface area contributed by atoms with Gasteiger partial charge in [0.05, 0.1) is 5.69 Å². The van der Waals surface area contributed by atoms with Crippen molar-refractivity contribution in [3.63, 3.8) is 0 Å². The van der Waals surface area contributed by atoms with Gasteiger partial charge in [-0.25, -0.2) is 15.6 Å². The normalized spacial score (nSPS) is 9.50. The van der Waals surface area contributed by atoms with Crippen molar-refractivity contribution in [1.29, 1.82) is 0 Å². The van der Waals surface area contributed by atoms with E-state index in [1.54, 1.807) is 24.3 Å². The number of hydrogen-bond donors (Lipinski definition) is 2. The van der Waals surface area contributed by atoms with E-state index in [2.05, 4.69) is 15.9 Å². The monoisotopic (exact) mass is 229 g/mol. The minimum Gasteiger partial charge on any atom is -0.350 e. The number of carbonyl (C=O) groups is 1. The predicted octanol–water partition coefficient (Wildman–Crippen LogP) is 1.21. The summed E-state index contributed by atoms with van der Waals surface area (Å²) in [6, 6.07) is 6.25. The zero-order chi connectivity index (χ0) is 9.14. The molecule has 1 rings (SSSR count). The molecule has 0 aromatic heterocycles. The second-order valence-electron chi connectivity index (χ2n) is 2.18. The van der Waals surface area contributed by atoms with Crippen molar-refractivity contribution >= 4 is 27.6 Å². The summed E-state index contributed by atoms with van der Waals surface area (Å²) in [6.45, 7) is 0. The molecule has 2 amide bonds. The lowest BCUT2D eigenvalue weighted by Gasteiger charge is -2.12. The van der Waals surface area contributed by atoms with Crippen molar-refractivity contribution in [2.24, 2.45) is 11.6 Å². The molecule has 0 spiro atoms. The summed E-state index contributed by atoms with van der Waals surface area (Å²) in [7, 11) is 0. The van der Waals surface area contributed by atoms with Crippen molar-refractivity contribution in [3.05, 3.63) is 28.7 Å². The smallest absolute Gasteiger partial charge is 0.333 e. The summed E-state index contributed by atoms with van der Waals surface area (Å²) in [4.78, 5) is 10.6. The topological polar surface area (TPSA) is 72.4 Å². The van der Waals surface area contributed by atoms with Crippen molar-refractivity contribution < 1.29 is 4.79 Å². The second kappa shape index (κ2) is 3.55. The molecule has 12 heavy (non-hydrogen) atoms. The SMILES string of the molecule is NC(=O)N(N)c1ccc(Br)cc1. The standard InChI is InChI=1S/C7H8BrN3O/c8-5-1-3-6(4-2-5)11(10)7(9)12/h1-4H,10H2,(H2,9,12). The van der Waals surface area contributed by atoms with Crippen LogP contribution in [-0.2, 0) is 0 Å². The molecule has 4 N–H and O–H groups in total. The highest BCUT2D eigenvalue weighted by Crippen LogP contribution is 2.15. The van der Waals surface area contributed by atoms with Gasteiger partial charge in [-0.1, -0.05) is 15.9 Å². The summed E-state index contributed by atoms with van der Waals surface area (Å²) >= 11 is 3.26. The molecule has 0 heterocycles. The van der Waals surface area contributed by atoms with Crippen molar-refractivity contribution in [2.75, 3.05) is 5.01 Å². The maximum atomic E-state index is 10.6. The molecule has 0 atom stereocenters. The Bertz CT molecular complexity index is 285. The Hall–Kier alpha value is -1.07. The Morgan fingerprint density at radius 1 is 1.33 bits per heavy atom. The zero-order valence-corrected chi connectivity index (χ0v) is 7.78. The van der Waals surface area contributed by atoms with Gasteiger partial charge in [0.1, 0.15) is 0 Å². The number of nitrogens with zero attached hydrogens (tertiary/aromatic N) is 1. The van der Waals surface area contributed by atoms with Gasteiger partial charge in [-0.3, -0.25) is 0 Å². The van der Waals surface area contributed by atoms with Gasteiger partial charge in [0.25, 0.3) is 0 Å². The zero-order valence-electron chi connectivity index (χ0n) is 6.20. The minimum absolute atomic E-state index is 0.561. The summed E-state index contributed by atoms with van der Waals surface area (Å²) in [5.41, 5.74) is 5.52. The van der Waals surface area contributed by atoms with E-state index < -0.39 is 6.03 Å². The molecule has 0 bridgehead atoms. The minimum atomic E-state index is -0.683. The first-order valence-corrected chi connectivity index (χ1v) is 4.00. The van der Waals surface area contributed by atoms with E-state index in [0.29, 0.717) is 5.69 Å². The average Bonchev–Trinajstić information content (AvgIpc) is 2.04. The third kappa shape index (κ3) is 1.96. The van der Waals surface area contributed by atoms with Crippen LogP contribution in [0.1, 0.15) is 0 Å². The van der Waals surface area contributed by atoms with E-state index in [9.17, 15) is 4.79 Å². The molecule has 0 saturated heterocycles. The van der Waals surface area contributed by atoms with Crippen LogP contribution in [0.3, 0.4) is 0 Å². The molecule has 64 valence electrons. The van der Waals surface area contributed by atoms with Gasteiger partial charge in [-0.15, -0.1) is 0 Å². The fraction of sp³-hybridized carbons (Fsp3) is 0. The highest BCUT2D eigenvalue weighted by molar-refractivity contribution is 9.10. The quantitative estimate of drug-likeness (QED) is 0.432. The number of anilines is 1. The molecule has 0 fully saturated rings. The van der Waals surface area contributed by atoms with Crippen LogP contribution >= 0.6 is 15.9 Å². The third-order valence-electron chi connectivity index (χ3n) is 1.34. The van der Waals surface area contributed by atoms with Gasteiger partial charge in [0.2, 0.25) is 0 Å². The summed E-state index contributed by atoms with van der Waals surface area (Å²) in [5.74, 6) is 5.33. The molecule has 1 aromatic carbocycles. The summed E-state index contributed by atoms with van der Waals surface area (Å²) < 4.78 is 0.920. The van der Waals surface area contributed by atoms with Gasteiger partial charge < -0.3 is 5.73 Å². The van der Waals surface area contributed by atoms with Crippen LogP contribution in [0.25, 0.3) is 0 Å². The third-order valence-corrected chi connectivity index (χ3v) is 1.87. The molecule has 0 saturated carbocycles. The maximum Gasteiger partial charge on any atom is 0.333 e. The number of carbonyl (C=O) groups excluding carboxylic acids is 1. The Kier molecular flexibility index (Phi) is 2.67. The highest BCUT2D eigenvalue weighted by Gasteiger charge is 2.05. The van der Waals surface area contributed by atoms with Gasteiger partial charge in [0.15, 0.2) is 0 Å². The number of amides is 2. The largest absolute Gasteiger partial charge is 0.350 e. The van der Waals surface area contributed by atoms with Crippen LogP contribution in [0.4, 0.5) is 10.5 Å².